The van der Waals surface area contributed by atoms with Gasteiger partial charge >= 0.3 is 6.09 Å². The second-order valence-corrected chi connectivity index (χ2v) is 7.79. The van der Waals surface area contributed by atoms with Crippen molar-refractivity contribution in [3.63, 3.8) is 0 Å². The fraction of sp³-hybridized carbons (Fsp3) is 0.435. The zero-order valence-corrected chi connectivity index (χ0v) is 17.7. The van der Waals surface area contributed by atoms with E-state index in [-0.39, 0.29) is 5.91 Å². The number of carbonyl (C=O) groups is 2. The maximum atomic E-state index is 13.6. The molecule has 0 radical (unpaired) electrons. The number of fused-ring (bicyclic) bond motifs is 1. The molecule has 1 atom stereocenters. The zero-order chi connectivity index (χ0) is 22.4. The van der Waals surface area contributed by atoms with Gasteiger partial charge in [-0.25, -0.2) is 13.6 Å². The summed E-state index contributed by atoms with van der Waals surface area (Å²) in [5.74, 6) is -3.54. The Labute approximate surface area is 180 Å². The summed E-state index contributed by atoms with van der Waals surface area (Å²) in [4.78, 5) is 27.9. The first-order chi connectivity index (χ1) is 14.8. The molecule has 1 heterocycles. The van der Waals surface area contributed by atoms with Crippen molar-refractivity contribution in [2.75, 3.05) is 20.2 Å². The van der Waals surface area contributed by atoms with Gasteiger partial charge < -0.3 is 15.4 Å². The number of alkyl halides is 2. The molecule has 2 N–H and O–H groups in total. The van der Waals surface area contributed by atoms with Gasteiger partial charge in [-0.05, 0) is 44.2 Å². The first-order valence-corrected chi connectivity index (χ1v) is 10.4. The summed E-state index contributed by atoms with van der Waals surface area (Å²) in [6.07, 6.45) is 4.85. The number of carbonyl (C=O) groups excluding carboxylic acids is 2. The number of aromatic nitrogens is 1. The van der Waals surface area contributed by atoms with Crippen LogP contribution in [0.4, 0.5) is 13.6 Å². The standard InChI is InChI=1S/C23H27F2N3O3/c1-23(24,25)18-9-7-15(8-10-18)19-6-3-5-16-13-17(14-28-20(16)19)21(29)26-11-4-12-27-22(30)31-2/h3,5-7,13-14,18H,4,8-12H2,1-2H3,(H,26,29)(H,27,30). The number of amides is 2. The first kappa shape index (κ1) is 22.7. The average Bonchev–Trinajstić information content (AvgIpc) is 2.77. The lowest BCUT2D eigenvalue weighted by Gasteiger charge is -2.27. The Balaban J connectivity index is 1.67. The average molecular weight is 431 g/mol. The number of halogens is 2. The molecule has 8 heteroatoms. The molecule has 0 fully saturated rings. The highest BCUT2D eigenvalue weighted by Crippen LogP contribution is 2.39. The van der Waals surface area contributed by atoms with Crippen molar-refractivity contribution in [2.24, 2.45) is 5.92 Å². The van der Waals surface area contributed by atoms with Crippen LogP contribution < -0.4 is 10.6 Å². The monoisotopic (exact) mass is 431 g/mol. The summed E-state index contributed by atoms with van der Waals surface area (Å²) >= 11 is 0. The second kappa shape index (κ2) is 9.85. The minimum atomic E-state index is -2.67. The van der Waals surface area contributed by atoms with E-state index in [9.17, 15) is 18.4 Å². The number of allylic oxidation sites excluding steroid dienone is 2. The van der Waals surface area contributed by atoms with Crippen molar-refractivity contribution < 1.29 is 23.1 Å². The smallest absolute Gasteiger partial charge is 0.406 e. The Morgan fingerprint density at radius 1 is 1.26 bits per heavy atom. The van der Waals surface area contributed by atoms with Gasteiger partial charge in [-0.3, -0.25) is 9.78 Å². The molecular formula is C23H27F2N3O3. The van der Waals surface area contributed by atoms with Crippen molar-refractivity contribution in [1.82, 2.24) is 15.6 Å². The molecule has 1 aliphatic carbocycles. The molecule has 31 heavy (non-hydrogen) atoms. The Bertz CT molecular complexity index is 986. The van der Waals surface area contributed by atoms with E-state index in [1.165, 1.54) is 13.3 Å². The van der Waals surface area contributed by atoms with E-state index in [1.807, 2.05) is 24.3 Å². The quantitative estimate of drug-likeness (QED) is 0.631. The predicted molar refractivity (Wildman–Crippen MR) is 115 cm³/mol. The van der Waals surface area contributed by atoms with Crippen molar-refractivity contribution in [3.8, 4) is 0 Å². The van der Waals surface area contributed by atoms with Crippen molar-refractivity contribution in [3.05, 3.63) is 47.7 Å². The highest BCUT2D eigenvalue weighted by Gasteiger charge is 2.34. The van der Waals surface area contributed by atoms with Crippen LogP contribution in [-0.2, 0) is 4.74 Å². The summed E-state index contributed by atoms with van der Waals surface area (Å²) in [5, 5.41) is 6.17. The number of para-hydroxylation sites is 1. The number of pyridine rings is 1. The lowest BCUT2D eigenvalue weighted by Crippen LogP contribution is -2.29. The van der Waals surface area contributed by atoms with Crippen LogP contribution in [0.25, 0.3) is 16.5 Å². The van der Waals surface area contributed by atoms with Gasteiger partial charge in [0.2, 0.25) is 5.92 Å². The van der Waals surface area contributed by atoms with Crippen LogP contribution in [-0.4, -0.2) is 43.1 Å². The molecule has 6 nitrogen and oxygen atoms in total. The maximum absolute atomic E-state index is 13.6. The number of rotatable bonds is 7. The van der Waals surface area contributed by atoms with E-state index >= 15 is 0 Å². The minimum Gasteiger partial charge on any atom is -0.453 e. The molecule has 0 saturated carbocycles. The van der Waals surface area contributed by atoms with Gasteiger partial charge in [0, 0.05) is 36.2 Å². The third-order valence-corrected chi connectivity index (χ3v) is 5.54. The van der Waals surface area contributed by atoms with Gasteiger partial charge in [0.1, 0.15) is 0 Å². The molecule has 1 aromatic heterocycles. The number of nitrogens with zero attached hydrogens (tertiary/aromatic N) is 1. The van der Waals surface area contributed by atoms with Crippen LogP contribution >= 0.6 is 0 Å². The molecular weight excluding hydrogens is 404 g/mol. The molecule has 2 aromatic rings. The Kier molecular flexibility index (Phi) is 7.20. The summed E-state index contributed by atoms with van der Waals surface area (Å²) in [7, 11) is 1.29. The van der Waals surface area contributed by atoms with Gasteiger partial charge in [0.05, 0.1) is 18.2 Å². The molecule has 1 aliphatic rings. The van der Waals surface area contributed by atoms with Gasteiger partial charge in [0.25, 0.3) is 5.91 Å². The third-order valence-electron chi connectivity index (χ3n) is 5.54. The van der Waals surface area contributed by atoms with Gasteiger partial charge in [-0.1, -0.05) is 24.3 Å². The molecule has 0 aliphatic heterocycles. The normalized spacial score (nSPS) is 16.5. The van der Waals surface area contributed by atoms with Gasteiger partial charge in [-0.15, -0.1) is 0 Å². The fourth-order valence-corrected chi connectivity index (χ4v) is 3.74. The highest BCUT2D eigenvalue weighted by molar-refractivity contribution is 5.99. The number of nitrogens with one attached hydrogen (secondary N) is 2. The number of hydrogen-bond donors (Lipinski definition) is 2. The lowest BCUT2D eigenvalue weighted by atomic mass is 9.83. The minimum absolute atomic E-state index is 0.247. The van der Waals surface area contributed by atoms with Crippen LogP contribution in [0.15, 0.2) is 36.5 Å². The summed E-state index contributed by atoms with van der Waals surface area (Å²) in [6, 6.07) is 7.50. The molecule has 2 amide bonds. The summed E-state index contributed by atoms with van der Waals surface area (Å²) in [6.45, 7) is 1.78. The van der Waals surface area contributed by atoms with Gasteiger partial charge in [0.15, 0.2) is 0 Å². The molecule has 0 spiro atoms. The SMILES string of the molecule is COC(=O)NCCCNC(=O)c1cnc2c(C3=CCC(C(C)(F)F)CC3)cccc2c1. The second-order valence-electron chi connectivity index (χ2n) is 7.79. The zero-order valence-electron chi connectivity index (χ0n) is 17.7. The topological polar surface area (TPSA) is 80.3 Å². The molecule has 3 rings (SSSR count). The number of benzene rings is 1. The van der Waals surface area contributed by atoms with E-state index in [1.54, 1.807) is 6.07 Å². The predicted octanol–water partition coefficient (Wildman–Crippen LogP) is 4.55. The largest absolute Gasteiger partial charge is 0.453 e. The van der Waals surface area contributed by atoms with Gasteiger partial charge in [-0.2, -0.15) is 0 Å². The van der Waals surface area contributed by atoms with Crippen LogP contribution in [0.5, 0.6) is 0 Å². The van der Waals surface area contributed by atoms with Crippen LogP contribution in [0, 0.1) is 5.92 Å². The van der Waals surface area contributed by atoms with Crippen molar-refractivity contribution in [1.29, 1.82) is 0 Å². The van der Waals surface area contributed by atoms with E-state index in [0.717, 1.165) is 29.0 Å². The van der Waals surface area contributed by atoms with E-state index in [0.29, 0.717) is 44.3 Å². The van der Waals surface area contributed by atoms with E-state index < -0.39 is 17.9 Å². The van der Waals surface area contributed by atoms with Crippen LogP contribution in [0.3, 0.4) is 0 Å². The number of ether oxygens (including phenoxy) is 1. The van der Waals surface area contributed by atoms with E-state index in [2.05, 4.69) is 20.4 Å². The molecule has 166 valence electrons. The fourth-order valence-electron chi connectivity index (χ4n) is 3.74. The molecule has 1 aromatic carbocycles. The molecule has 0 saturated heterocycles. The highest BCUT2D eigenvalue weighted by atomic mass is 19.3. The number of hydrogen-bond acceptors (Lipinski definition) is 4. The van der Waals surface area contributed by atoms with Crippen LogP contribution in [0.1, 0.15) is 48.5 Å². The first-order valence-electron chi connectivity index (χ1n) is 10.4. The molecule has 0 bridgehead atoms. The Hall–Kier alpha value is -3.03. The maximum Gasteiger partial charge on any atom is 0.406 e. The Morgan fingerprint density at radius 2 is 2.03 bits per heavy atom. The third kappa shape index (κ3) is 5.77. The summed E-state index contributed by atoms with van der Waals surface area (Å²) in [5.41, 5.74) is 3.15. The lowest BCUT2D eigenvalue weighted by molar-refractivity contribution is -0.0421. The number of alkyl carbamates (subject to hydrolysis) is 1. The van der Waals surface area contributed by atoms with Crippen molar-refractivity contribution in [2.45, 2.75) is 38.5 Å². The summed E-state index contributed by atoms with van der Waals surface area (Å²) < 4.78 is 31.7. The van der Waals surface area contributed by atoms with Crippen molar-refractivity contribution >= 4 is 28.5 Å². The van der Waals surface area contributed by atoms with Crippen LogP contribution in [0.2, 0.25) is 0 Å². The Morgan fingerprint density at radius 3 is 2.71 bits per heavy atom. The van der Waals surface area contributed by atoms with E-state index in [4.69, 9.17) is 0 Å². The molecule has 1 unspecified atom stereocenters. The number of methoxy groups -OCH3 is 1.